The van der Waals surface area contributed by atoms with Crippen molar-refractivity contribution in [3.05, 3.63) is 48.9 Å². The van der Waals surface area contributed by atoms with Crippen LogP contribution in [0.5, 0.6) is 0 Å². The van der Waals surface area contributed by atoms with Gasteiger partial charge in [-0.05, 0) is 32.0 Å². The maximum atomic E-state index is 5.82. The molecule has 1 fully saturated rings. The second kappa shape index (κ2) is 6.41. The van der Waals surface area contributed by atoms with Gasteiger partial charge in [0.25, 0.3) is 0 Å². The summed E-state index contributed by atoms with van der Waals surface area (Å²) in [6.07, 6.45) is 5.80. The molecule has 6 heteroatoms. The van der Waals surface area contributed by atoms with Crippen LogP contribution in [-0.4, -0.2) is 32.6 Å². The predicted molar refractivity (Wildman–Crippen MR) is 94.2 cm³/mol. The molecule has 1 aromatic carbocycles. The van der Waals surface area contributed by atoms with Crippen LogP contribution in [0.25, 0.3) is 22.6 Å². The van der Waals surface area contributed by atoms with Gasteiger partial charge in [0, 0.05) is 17.8 Å². The first-order valence-electron chi connectivity index (χ1n) is 8.25. The zero-order chi connectivity index (χ0) is 16.4. The predicted octanol–water partition coefficient (Wildman–Crippen LogP) is 2.51. The van der Waals surface area contributed by atoms with Crippen LogP contribution in [-0.2, 0) is 0 Å². The lowest BCUT2D eigenvalue weighted by Gasteiger charge is -2.25. The number of nitrogens with one attached hydrogen (secondary N) is 1. The fraction of sp³-hybridized carbons (Fsp3) is 0.278. The smallest absolute Gasteiger partial charge is 0.220 e. The van der Waals surface area contributed by atoms with Gasteiger partial charge in [-0.25, -0.2) is 15.0 Å². The molecule has 3 N–H and O–H groups in total. The number of hydrogen-bond acceptors (Lipinski definition) is 5. The van der Waals surface area contributed by atoms with E-state index in [0.29, 0.717) is 6.04 Å². The molecular formula is C18H20N6. The summed E-state index contributed by atoms with van der Waals surface area (Å²) in [6, 6.07) is 12.5. The highest BCUT2D eigenvalue weighted by Crippen LogP contribution is 2.34. The molecule has 0 aliphatic carbocycles. The quantitative estimate of drug-likeness (QED) is 0.775. The summed E-state index contributed by atoms with van der Waals surface area (Å²) < 4.78 is 2.25. The second-order valence-corrected chi connectivity index (χ2v) is 6.00. The first-order valence-corrected chi connectivity index (χ1v) is 8.25. The summed E-state index contributed by atoms with van der Waals surface area (Å²) >= 11 is 0. The second-order valence-electron chi connectivity index (χ2n) is 6.00. The van der Waals surface area contributed by atoms with E-state index in [4.69, 9.17) is 10.7 Å². The van der Waals surface area contributed by atoms with Crippen molar-refractivity contribution in [2.24, 2.45) is 0 Å². The molecule has 24 heavy (non-hydrogen) atoms. The molecule has 1 aliphatic heterocycles. The minimum Gasteiger partial charge on any atom is -0.368 e. The number of aromatic nitrogens is 4. The summed E-state index contributed by atoms with van der Waals surface area (Å²) in [5, 5.41) is 3.41. The molecule has 6 nitrogen and oxygen atoms in total. The van der Waals surface area contributed by atoms with Gasteiger partial charge in [-0.15, -0.1) is 0 Å². The van der Waals surface area contributed by atoms with Crippen molar-refractivity contribution >= 4 is 5.95 Å². The molecule has 3 heterocycles. The number of nitrogens with two attached hydrogens (primary N) is 1. The lowest BCUT2D eigenvalue weighted by Crippen LogP contribution is -2.29. The van der Waals surface area contributed by atoms with Crippen LogP contribution in [0.3, 0.4) is 0 Å². The van der Waals surface area contributed by atoms with Gasteiger partial charge in [-0.3, -0.25) is 0 Å². The fourth-order valence-electron chi connectivity index (χ4n) is 3.29. The molecule has 0 bridgehead atoms. The molecule has 2 aromatic heterocycles. The van der Waals surface area contributed by atoms with Gasteiger partial charge in [-0.2, -0.15) is 0 Å². The molecule has 0 spiro atoms. The number of nitrogens with zero attached hydrogens (tertiary/aromatic N) is 4. The van der Waals surface area contributed by atoms with Crippen LogP contribution in [0.4, 0.5) is 5.95 Å². The molecule has 4 rings (SSSR count). The number of nitrogen functional groups attached to an aromatic ring is 1. The standard InChI is InChI=1S/C18H20N6/c19-18-21-11-8-15(23-18)17-16(13-4-2-1-3-5-13)22-12-24(17)14-6-9-20-10-7-14/h1-5,8,11-12,14,20H,6-7,9-10H2,(H2,19,21,23). The molecule has 0 radical (unpaired) electrons. The Morgan fingerprint density at radius 3 is 2.58 bits per heavy atom. The van der Waals surface area contributed by atoms with E-state index in [1.54, 1.807) is 6.20 Å². The number of benzene rings is 1. The van der Waals surface area contributed by atoms with Crippen molar-refractivity contribution in [1.82, 2.24) is 24.8 Å². The van der Waals surface area contributed by atoms with E-state index < -0.39 is 0 Å². The third kappa shape index (κ3) is 2.76. The largest absolute Gasteiger partial charge is 0.368 e. The normalized spacial score (nSPS) is 15.5. The zero-order valence-corrected chi connectivity index (χ0v) is 13.4. The third-order valence-electron chi connectivity index (χ3n) is 4.46. The highest BCUT2D eigenvalue weighted by molar-refractivity contribution is 5.77. The first kappa shape index (κ1) is 14.8. The Bertz CT molecular complexity index is 821. The maximum absolute atomic E-state index is 5.82. The van der Waals surface area contributed by atoms with E-state index in [0.717, 1.165) is 48.6 Å². The maximum Gasteiger partial charge on any atom is 0.220 e. The highest BCUT2D eigenvalue weighted by Gasteiger charge is 2.23. The minimum atomic E-state index is 0.282. The Hall–Kier alpha value is -2.73. The van der Waals surface area contributed by atoms with Crippen molar-refractivity contribution in [2.75, 3.05) is 18.8 Å². The molecule has 3 aromatic rings. The Kier molecular flexibility index (Phi) is 3.96. The molecule has 1 saturated heterocycles. The van der Waals surface area contributed by atoms with Crippen LogP contribution >= 0.6 is 0 Å². The highest BCUT2D eigenvalue weighted by atomic mass is 15.1. The van der Waals surface area contributed by atoms with Gasteiger partial charge in [0.2, 0.25) is 5.95 Å². The topological polar surface area (TPSA) is 81.6 Å². The van der Waals surface area contributed by atoms with Crippen molar-refractivity contribution in [1.29, 1.82) is 0 Å². The van der Waals surface area contributed by atoms with Crippen LogP contribution in [0.2, 0.25) is 0 Å². The van der Waals surface area contributed by atoms with E-state index in [2.05, 4.69) is 32.0 Å². The Morgan fingerprint density at radius 2 is 1.83 bits per heavy atom. The molecule has 1 aliphatic rings. The van der Waals surface area contributed by atoms with E-state index in [1.165, 1.54) is 0 Å². The van der Waals surface area contributed by atoms with Gasteiger partial charge in [-0.1, -0.05) is 30.3 Å². The number of rotatable bonds is 3. The SMILES string of the molecule is Nc1nccc(-c2c(-c3ccccc3)ncn2C2CCNCC2)n1. The van der Waals surface area contributed by atoms with Crippen LogP contribution in [0, 0.1) is 0 Å². The van der Waals surface area contributed by atoms with Gasteiger partial charge < -0.3 is 15.6 Å². The lowest BCUT2D eigenvalue weighted by molar-refractivity contribution is 0.370. The van der Waals surface area contributed by atoms with Crippen molar-refractivity contribution in [3.8, 4) is 22.6 Å². The van der Waals surface area contributed by atoms with Crippen molar-refractivity contribution < 1.29 is 0 Å². The van der Waals surface area contributed by atoms with E-state index in [1.807, 2.05) is 30.6 Å². The van der Waals surface area contributed by atoms with Crippen LogP contribution in [0.15, 0.2) is 48.9 Å². The average Bonchev–Trinajstić information content (AvgIpc) is 3.08. The monoisotopic (exact) mass is 320 g/mol. The number of hydrogen-bond donors (Lipinski definition) is 2. The van der Waals surface area contributed by atoms with Crippen LogP contribution in [0.1, 0.15) is 18.9 Å². The van der Waals surface area contributed by atoms with Gasteiger partial charge in [0.05, 0.1) is 23.4 Å². The number of anilines is 1. The molecule has 0 unspecified atom stereocenters. The first-order chi connectivity index (χ1) is 11.8. The fourth-order valence-corrected chi connectivity index (χ4v) is 3.29. The van der Waals surface area contributed by atoms with E-state index in [9.17, 15) is 0 Å². The summed E-state index contributed by atoms with van der Waals surface area (Å²) in [6.45, 7) is 2.05. The van der Waals surface area contributed by atoms with E-state index in [-0.39, 0.29) is 5.95 Å². The van der Waals surface area contributed by atoms with Gasteiger partial charge in [0.15, 0.2) is 0 Å². The molecular weight excluding hydrogens is 300 g/mol. The number of piperidine rings is 1. The zero-order valence-electron chi connectivity index (χ0n) is 13.4. The number of imidazole rings is 1. The average molecular weight is 320 g/mol. The lowest BCUT2D eigenvalue weighted by atomic mass is 10.0. The molecule has 0 amide bonds. The molecule has 122 valence electrons. The van der Waals surface area contributed by atoms with E-state index >= 15 is 0 Å². The Labute approximate surface area is 140 Å². The van der Waals surface area contributed by atoms with Crippen LogP contribution < -0.4 is 11.1 Å². The summed E-state index contributed by atoms with van der Waals surface area (Å²) in [4.78, 5) is 13.2. The minimum absolute atomic E-state index is 0.282. The Morgan fingerprint density at radius 1 is 1.04 bits per heavy atom. The van der Waals surface area contributed by atoms with Crippen molar-refractivity contribution in [3.63, 3.8) is 0 Å². The summed E-state index contributed by atoms with van der Waals surface area (Å²) in [7, 11) is 0. The Balaban J connectivity index is 1.87. The molecule has 0 atom stereocenters. The molecule has 0 saturated carbocycles. The third-order valence-corrected chi connectivity index (χ3v) is 4.46. The van der Waals surface area contributed by atoms with Crippen molar-refractivity contribution in [2.45, 2.75) is 18.9 Å². The van der Waals surface area contributed by atoms with Gasteiger partial charge >= 0.3 is 0 Å². The summed E-state index contributed by atoms with van der Waals surface area (Å²) in [5.74, 6) is 0.282. The summed E-state index contributed by atoms with van der Waals surface area (Å²) in [5.41, 5.74) is 9.67. The van der Waals surface area contributed by atoms with Gasteiger partial charge in [0.1, 0.15) is 0 Å².